The molecule has 1 N–H and O–H groups in total. The third kappa shape index (κ3) is 5.34. The quantitative estimate of drug-likeness (QED) is 0.830. The van der Waals surface area contributed by atoms with Crippen LogP contribution in [0, 0.1) is 0 Å². The molecule has 1 aromatic carbocycles. The molecule has 1 saturated heterocycles. The molecule has 2 amide bonds. The molecule has 1 fully saturated rings. The van der Waals surface area contributed by atoms with Crippen LogP contribution in [0.15, 0.2) is 24.3 Å². The second-order valence-electron chi connectivity index (χ2n) is 6.30. The fraction of sp³-hybridized carbons (Fsp3) is 0.588. The minimum Gasteiger partial charge on any atom is -0.497 e. The number of methoxy groups -OCH3 is 1. The molecule has 140 valence electrons. The van der Waals surface area contributed by atoms with Gasteiger partial charge in [-0.05, 0) is 37.0 Å². The van der Waals surface area contributed by atoms with Gasteiger partial charge in [0.15, 0.2) is 0 Å². The summed E-state index contributed by atoms with van der Waals surface area (Å²) >= 11 is 0. The van der Waals surface area contributed by atoms with Crippen LogP contribution in [0.4, 0.5) is 4.79 Å². The van der Waals surface area contributed by atoms with E-state index in [9.17, 15) is 13.2 Å². The Labute approximate surface area is 150 Å². The predicted octanol–water partition coefficient (Wildman–Crippen LogP) is 1.82. The zero-order valence-electron chi connectivity index (χ0n) is 15.1. The Bertz CT molecular complexity index is 693. The molecule has 2 rings (SSSR count). The van der Waals surface area contributed by atoms with Crippen molar-refractivity contribution in [2.75, 3.05) is 40.0 Å². The van der Waals surface area contributed by atoms with Gasteiger partial charge < -0.3 is 15.0 Å². The molecule has 0 aromatic heterocycles. The molecule has 0 bridgehead atoms. The van der Waals surface area contributed by atoms with Gasteiger partial charge in [-0.2, -0.15) is 0 Å². The molecular formula is C17H27N3O4S. The maximum absolute atomic E-state index is 12.6. The second-order valence-corrected chi connectivity index (χ2v) is 8.39. The number of carbonyl (C=O) groups is 1. The highest BCUT2D eigenvalue weighted by atomic mass is 32.2. The van der Waals surface area contributed by atoms with E-state index in [-0.39, 0.29) is 25.2 Å². The molecule has 0 aliphatic carbocycles. The number of amides is 2. The van der Waals surface area contributed by atoms with Crippen molar-refractivity contribution in [1.29, 1.82) is 0 Å². The largest absolute Gasteiger partial charge is 0.497 e. The number of urea groups is 1. The van der Waals surface area contributed by atoms with Crippen molar-refractivity contribution in [3.63, 3.8) is 0 Å². The lowest BCUT2D eigenvalue weighted by atomic mass is 9.95. The van der Waals surface area contributed by atoms with Gasteiger partial charge in [-0.3, -0.25) is 0 Å². The summed E-state index contributed by atoms with van der Waals surface area (Å²) in [6.45, 7) is 1.22. The second kappa shape index (κ2) is 8.53. The first kappa shape index (κ1) is 19.5. The number of nitrogens with one attached hydrogen (secondary N) is 1. The number of benzene rings is 1. The number of likely N-dealkylation sites (tertiary alicyclic amines) is 1. The summed E-state index contributed by atoms with van der Waals surface area (Å²) in [5.74, 6) is 0.776. The summed E-state index contributed by atoms with van der Waals surface area (Å²) in [6.07, 6.45) is 4.10. The Balaban J connectivity index is 2.00. The molecule has 1 aromatic rings. The lowest BCUT2D eigenvalue weighted by Gasteiger charge is -2.36. The maximum atomic E-state index is 12.6. The van der Waals surface area contributed by atoms with E-state index in [2.05, 4.69) is 5.32 Å². The van der Waals surface area contributed by atoms with E-state index < -0.39 is 10.0 Å². The van der Waals surface area contributed by atoms with E-state index >= 15 is 0 Å². The van der Waals surface area contributed by atoms with E-state index in [1.54, 1.807) is 7.11 Å². The van der Waals surface area contributed by atoms with Crippen molar-refractivity contribution in [1.82, 2.24) is 14.5 Å². The number of sulfonamides is 1. The van der Waals surface area contributed by atoms with E-state index in [0.29, 0.717) is 6.54 Å². The van der Waals surface area contributed by atoms with Gasteiger partial charge in [0.1, 0.15) is 5.75 Å². The highest BCUT2D eigenvalue weighted by molar-refractivity contribution is 7.88. The molecule has 25 heavy (non-hydrogen) atoms. The number of hydrogen-bond acceptors (Lipinski definition) is 4. The molecule has 8 heteroatoms. The molecular weight excluding hydrogens is 342 g/mol. The van der Waals surface area contributed by atoms with Crippen LogP contribution in [0.5, 0.6) is 5.75 Å². The van der Waals surface area contributed by atoms with Crippen molar-refractivity contribution < 1.29 is 17.9 Å². The average molecular weight is 369 g/mol. The van der Waals surface area contributed by atoms with Gasteiger partial charge in [0.05, 0.1) is 19.4 Å². The predicted molar refractivity (Wildman–Crippen MR) is 97.2 cm³/mol. The molecule has 0 radical (unpaired) electrons. The third-order valence-corrected chi connectivity index (χ3v) is 5.83. The minimum absolute atomic E-state index is 0.0106. The lowest BCUT2D eigenvalue weighted by Crippen LogP contribution is -2.46. The number of ether oxygens (including phenoxy) is 1. The van der Waals surface area contributed by atoms with Gasteiger partial charge in [0, 0.05) is 26.7 Å². The van der Waals surface area contributed by atoms with Gasteiger partial charge >= 0.3 is 6.03 Å². The van der Waals surface area contributed by atoms with Gasteiger partial charge in [0.2, 0.25) is 10.0 Å². The van der Waals surface area contributed by atoms with Crippen molar-refractivity contribution >= 4 is 16.1 Å². The average Bonchev–Trinajstić information content (AvgIpc) is 2.60. The van der Waals surface area contributed by atoms with Crippen LogP contribution in [0.3, 0.4) is 0 Å². The number of hydrogen-bond donors (Lipinski definition) is 1. The molecule has 1 heterocycles. The SMILES string of the molecule is COc1cccc([C@H]2CCCCN2C(=O)NCCN(C)S(C)(=O)=O)c1. The van der Waals surface area contributed by atoms with Crippen LogP contribution in [-0.2, 0) is 10.0 Å². The van der Waals surface area contributed by atoms with Crippen LogP contribution >= 0.6 is 0 Å². The third-order valence-electron chi connectivity index (χ3n) is 4.51. The van der Waals surface area contributed by atoms with Crippen LogP contribution in [0.2, 0.25) is 0 Å². The highest BCUT2D eigenvalue weighted by Crippen LogP contribution is 2.32. The number of carbonyl (C=O) groups excluding carboxylic acids is 1. The monoisotopic (exact) mass is 369 g/mol. The van der Waals surface area contributed by atoms with Crippen molar-refractivity contribution in [3.8, 4) is 5.75 Å². The molecule has 1 aliphatic heterocycles. The first-order chi connectivity index (χ1) is 11.8. The summed E-state index contributed by atoms with van der Waals surface area (Å²) in [5, 5.41) is 2.83. The molecule has 0 saturated carbocycles. The summed E-state index contributed by atoms with van der Waals surface area (Å²) in [4.78, 5) is 14.4. The van der Waals surface area contributed by atoms with Crippen LogP contribution in [-0.4, -0.2) is 63.7 Å². The number of likely N-dealkylation sites (N-methyl/N-ethyl adjacent to an activating group) is 1. The zero-order valence-corrected chi connectivity index (χ0v) is 15.9. The van der Waals surface area contributed by atoms with Crippen LogP contribution < -0.4 is 10.1 Å². The molecule has 0 spiro atoms. The Morgan fingerprint density at radius 3 is 2.84 bits per heavy atom. The first-order valence-corrected chi connectivity index (χ1v) is 10.3. The van der Waals surface area contributed by atoms with E-state index in [1.807, 2.05) is 29.2 Å². The van der Waals surface area contributed by atoms with Crippen molar-refractivity contribution in [2.45, 2.75) is 25.3 Å². The van der Waals surface area contributed by atoms with Crippen molar-refractivity contribution in [3.05, 3.63) is 29.8 Å². The van der Waals surface area contributed by atoms with E-state index in [0.717, 1.165) is 36.8 Å². The summed E-state index contributed by atoms with van der Waals surface area (Å²) in [7, 11) is -0.103. The van der Waals surface area contributed by atoms with Crippen molar-refractivity contribution in [2.24, 2.45) is 0 Å². The Hall–Kier alpha value is -1.80. The van der Waals surface area contributed by atoms with Crippen LogP contribution in [0.25, 0.3) is 0 Å². The molecule has 1 aliphatic rings. The number of rotatable bonds is 6. The Kier molecular flexibility index (Phi) is 6.66. The fourth-order valence-electron chi connectivity index (χ4n) is 2.96. The highest BCUT2D eigenvalue weighted by Gasteiger charge is 2.28. The topological polar surface area (TPSA) is 79.0 Å². The van der Waals surface area contributed by atoms with E-state index in [4.69, 9.17) is 4.74 Å². The Morgan fingerprint density at radius 2 is 2.16 bits per heavy atom. The van der Waals surface area contributed by atoms with Gasteiger partial charge in [0.25, 0.3) is 0 Å². The molecule has 7 nitrogen and oxygen atoms in total. The van der Waals surface area contributed by atoms with Gasteiger partial charge in [-0.15, -0.1) is 0 Å². The van der Waals surface area contributed by atoms with Gasteiger partial charge in [-0.25, -0.2) is 17.5 Å². The Morgan fingerprint density at radius 1 is 1.40 bits per heavy atom. The zero-order chi connectivity index (χ0) is 18.4. The summed E-state index contributed by atoms with van der Waals surface area (Å²) in [5.41, 5.74) is 1.06. The first-order valence-electron chi connectivity index (χ1n) is 8.42. The van der Waals surface area contributed by atoms with Gasteiger partial charge in [-0.1, -0.05) is 12.1 Å². The summed E-state index contributed by atoms with van der Waals surface area (Å²) in [6, 6.07) is 7.65. The molecule has 1 atom stereocenters. The normalized spacial score (nSPS) is 18.2. The van der Waals surface area contributed by atoms with Crippen LogP contribution in [0.1, 0.15) is 30.9 Å². The standard InChI is InChI=1S/C17H27N3O4S/c1-19(25(3,22)23)12-10-18-17(21)20-11-5-4-9-16(20)14-7-6-8-15(13-14)24-2/h6-8,13,16H,4-5,9-12H2,1-3H3,(H,18,21)/t16-/m1/s1. The summed E-state index contributed by atoms with van der Waals surface area (Å²) < 4.78 is 29.3. The lowest BCUT2D eigenvalue weighted by molar-refractivity contribution is 0.151. The fourth-order valence-corrected chi connectivity index (χ4v) is 3.38. The minimum atomic E-state index is -3.23. The number of piperidine rings is 1. The van der Waals surface area contributed by atoms with E-state index in [1.165, 1.54) is 11.4 Å². The molecule has 0 unspecified atom stereocenters. The number of nitrogens with zero attached hydrogens (tertiary/aromatic N) is 2. The maximum Gasteiger partial charge on any atom is 0.317 e. The smallest absolute Gasteiger partial charge is 0.317 e.